The third-order valence-electron chi connectivity index (χ3n) is 0.112. The van der Waals surface area contributed by atoms with E-state index in [0.29, 0.717) is 0 Å². The van der Waals surface area contributed by atoms with Gasteiger partial charge >= 0.3 is 34.4 Å². The summed E-state index contributed by atoms with van der Waals surface area (Å²) in [7, 11) is 0. The van der Waals surface area contributed by atoms with Crippen molar-refractivity contribution in [2.24, 2.45) is 0 Å². The molecule has 0 saturated heterocycles. The first-order valence-corrected chi connectivity index (χ1v) is 1.91. The zero-order valence-corrected chi connectivity index (χ0v) is 4.32. The monoisotopic (exact) mass is 114 g/mol. The molecule has 0 atom stereocenters. The predicted octanol–water partition coefficient (Wildman–Crippen LogP) is 0.136. The Morgan fingerprint density at radius 1 is 1.75 bits per heavy atom. The van der Waals surface area contributed by atoms with Crippen LogP contribution in [0.5, 0.6) is 0 Å². The summed E-state index contributed by atoms with van der Waals surface area (Å²) in [6.45, 7) is 1.80. The number of hydrogen-bond donors (Lipinski definition) is 0. The molecule has 0 aliphatic heterocycles. The van der Waals surface area contributed by atoms with Crippen LogP contribution in [-0.4, -0.2) is 16.9 Å². The van der Waals surface area contributed by atoms with Gasteiger partial charge in [0.2, 0.25) is 0 Å². The van der Waals surface area contributed by atoms with Gasteiger partial charge in [0, 0.05) is 0 Å². The average Bonchev–Trinajstić information content (AvgIpc) is 1.37. The molecule has 20 valence electrons. The van der Waals surface area contributed by atoms with Gasteiger partial charge in [-0.2, -0.15) is 0 Å². The first-order chi connectivity index (χ1) is 1.91. The second-order valence-corrected chi connectivity index (χ2v) is 0.831. The molecule has 0 N–H and O–H groups in total. The van der Waals surface area contributed by atoms with Crippen LogP contribution in [-0.2, 0) is 0 Å². The molecule has 0 unspecified atom stereocenters. The van der Waals surface area contributed by atoms with Crippen LogP contribution in [0.1, 0.15) is 6.92 Å². The summed E-state index contributed by atoms with van der Waals surface area (Å²) in [6, 6.07) is 0. The van der Waals surface area contributed by atoms with Gasteiger partial charge in [-0.15, -0.1) is 0 Å². The molecular weight excluding hydrogens is 111 g/mol. The molecule has 0 bridgehead atoms. The van der Waals surface area contributed by atoms with Crippen molar-refractivity contribution in [3.05, 3.63) is 0 Å². The fourth-order valence-corrected chi connectivity index (χ4v) is 0. The van der Waals surface area contributed by atoms with Crippen LogP contribution in [0, 0.1) is 10.6 Å². The van der Waals surface area contributed by atoms with Crippen molar-refractivity contribution in [2.45, 2.75) is 6.92 Å². The third-order valence-corrected chi connectivity index (χ3v) is 0.581. The molecule has 0 nitrogen and oxygen atoms in total. The van der Waals surface area contributed by atoms with Gasteiger partial charge in [-0.1, -0.05) is 0 Å². The summed E-state index contributed by atoms with van der Waals surface area (Å²) in [4.78, 5) is 0. The Balaban J connectivity index is 2.83. The molecular formula is C3H3As. The Hall–Kier alpha value is 0.118. The van der Waals surface area contributed by atoms with E-state index in [2.05, 4.69) is 27.5 Å². The molecule has 0 spiro atoms. The van der Waals surface area contributed by atoms with E-state index in [1.807, 2.05) is 0 Å². The minimum atomic E-state index is 1.80. The van der Waals surface area contributed by atoms with Crippen LogP contribution >= 0.6 is 0 Å². The molecule has 0 fully saturated rings. The third kappa shape index (κ3) is 2.12. The minimum absolute atomic E-state index is 1.80. The van der Waals surface area contributed by atoms with Gasteiger partial charge in [-0.05, 0) is 0 Å². The SMILES string of the molecule is CC#C[As]. The summed E-state index contributed by atoms with van der Waals surface area (Å²) < 4.78 is 2.62. The fraction of sp³-hybridized carbons (Fsp3) is 0.333. The van der Waals surface area contributed by atoms with Crippen LogP contribution in [0.3, 0.4) is 0 Å². The fourth-order valence-electron chi connectivity index (χ4n) is 0. The van der Waals surface area contributed by atoms with Gasteiger partial charge in [-0.25, -0.2) is 0 Å². The summed E-state index contributed by atoms with van der Waals surface area (Å²) in [5.41, 5.74) is 0. The normalized spacial score (nSPS) is 3.50. The van der Waals surface area contributed by atoms with Gasteiger partial charge in [0.05, 0.1) is 0 Å². The predicted molar refractivity (Wildman–Crippen MR) is 19.2 cm³/mol. The molecule has 0 aromatic heterocycles. The molecule has 1 heteroatoms. The second-order valence-electron chi connectivity index (χ2n) is 0.362. The zero-order valence-electron chi connectivity index (χ0n) is 2.45. The maximum absolute atomic E-state index is 2.65. The van der Waals surface area contributed by atoms with Crippen molar-refractivity contribution in [1.29, 1.82) is 0 Å². The van der Waals surface area contributed by atoms with Crippen molar-refractivity contribution < 1.29 is 0 Å². The maximum atomic E-state index is 2.65. The Morgan fingerprint density at radius 3 is 2.00 bits per heavy atom. The van der Waals surface area contributed by atoms with E-state index >= 15 is 0 Å². The van der Waals surface area contributed by atoms with Gasteiger partial charge in [-0.3, -0.25) is 0 Å². The van der Waals surface area contributed by atoms with Gasteiger partial charge < -0.3 is 0 Å². The van der Waals surface area contributed by atoms with Crippen LogP contribution in [0.4, 0.5) is 0 Å². The van der Waals surface area contributed by atoms with E-state index in [-0.39, 0.29) is 0 Å². The van der Waals surface area contributed by atoms with Crippen molar-refractivity contribution in [2.75, 3.05) is 0 Å². The summed E-state index contributed by atoms with van der Waals surface area (Å²) in [5, 5.41) is 0. The van der Waals surface area contributed by atoms with Crippen LogP contribution < -0.4 is 0 Å². The van der Waals surface area contributed by atoms with Gasteiger partial charge in [0.25, 0.3) is 0 Å². The Labute approximate surface area is 35.1 Å². The van der Waals surface area contributed by atoms with Crippen LogP contribution in [0.25, 0.3) is 0 Å². The topological polar surface area (TPSA) is 0 Å². The zero-order chi connectivity index (χ0) is 3.41. The first kappa shape index (κ1) is 4.12. The summed E-state index contributed by atoms with van der Waals surface area (Å²) in [5.74, 6) is 2.65. The van der Waals surface area contributed by atoms with E-state index in [4.69, 9.17) is 0 Å². The Kier molecular flexibility index (Phi) is 3.21. The average molecular weight is 114 g/mol. The molecule has 0 rings (SSSR count). The Bertz CT molecular complexity index is 40.0. The molecule has 0 saturated carbocycles. The molecule has 4 heavy (non-hydrogen) atoms. The molecule has 0 aliphatic rings. The van der Waals surface area contributed by atoms with Gasteiger partial charge in [0.15, 0.2) is 0 Å². The summed E-state index contributed by atoms with van der Waals surface area (Å²) in [6.07, 6.45) is 0. The van der Waals surface area contributed by atoms with Crippen molar-refractivity contribution in [3.63, 3.8) is 0 Å². The standard InChI is InChI=1S/C3H3As/c1-2-3-4/h1H3. The van der Waals surface area contributed by atoms with E-state index in [0.717, 1.165) is 0 Å². The molecule has 2 radical (unpaired) electrons. The molecule has 0 amide bonds. The molecule has 0 heterocycles. The van der Waals surface area contributed by atoms with E-state index in [1.54, 1.807) is 6.92 Å². The van der Waals surface area contributed by atoms with Gasteiger partial charge in [0.1, 0.15) is 0 Å². The van der Waals surface area contributed by atoms with E-state index < -0.39 is 0 Å². The van der Waals surface area contributed by atoms with Crippen LogP contribution in [0.15, 0.2) is 0 Å². The van der Waals surface area contributed by atoms with E-state index in [1.165, 1.54) is 0 Å². The van der Waals surface area contributed by atoms with Crippen molar-refractivity contribution in [3.8, 4) is 10.6 Å². The Morgan fingerprint density at radius 2 is 2.00 bits per heavy atom. The van der Waals surface area contributed by atoms with Crippen molar-refractivity contribution in [1.82, 2.24) is 0 Å². The molecule has 0 aromatic rings. The molecule has 0 aromatic carbocycles. The quantitative estimate of drug-likeness (QED) is 0.310. The van der Waals surface area contributed by atoms with Crippen molar-refractivity contribution >= 4 is 16.9 Å². The first-order valence-electron chi connectivity index (χ1n) is 0.974. The summed E-state index contributed by atoms with van der Waals surface area (Å²) >= 11 is 2.18. The second kappa shape index (κ2) is 3.12. The number of hydrogen-bond acceptors (Lipinski definition) is 0. The number of rotatable bonds is 0. The molecule has 0 aliphatic carbocycles. The van der Waals surface area contributed by atoms with Crippen LogP contribution in [0.2, 0.25) is 0 Å². The van der Waals surface area contributed by atoms with E-state index in [9.17, 15) is 0 Å².